The van der Waals surface area contributed by atoms with Gasteiger partial charge in [-0.15, -0.1) is 0 Å². The number of hydrogen-bond donors (Lipinski definition) is 2. The van der Waals surface area contributed by atoms with E-state index in [9.17, 15) is 9.59 Å². The zero-order valence-electron chi connectivity index (χ0n) is 28.4. The highest BCUT2D eigenvalue weighted by atomic mass is 16.7. The fourth-order valence-electron chi connectivity index (χ4n) is 7.04. The number of likely N-dealkylation sites (tertiary alicyclic amines) is 1. The van der Waals surface area contributed by atoms with Crippen LogP contribution < -0.4 is 15.5 Å². The van der Waals surface area contributed by atoms with Crippen molar-refractivity contribution in [1.82, 2.24) is 20.2 Å². The summed E-state index contributed by atoms with van der Waals surface area (Å²) in [5.74, 6) is 1.60. The maximum atomic E-state index is 13.8. The molecule has 3 aromatic carbocycles. The number of carbonyl (C=O) groups is 2. The average Bonchev–Trinajstić information content (AvgIpc) is 3.70. The molecule has 2 amide bonds. The Morgan fingerprint density at radius 3 is 2.51 bits per heavy atom. The second-order valence-electron chi connectivity index (χ2n) is 14.6. The van der Waals surface area contributed by atoms with Crippen molar-refractivity contribution in [3.05, 3.63) is 53.9 Å². The number of hydrogen-bond acceptors (Lipinski definition) is 7. The van der Waals surface area contributed by atoms with Gasteiger partial charge in [0.25, 0.3) is 0 Å². The fraction of sp³-hybridized carbons (Fsp3) is 0.472. The predicted octanol–water partition coefficient (Wildman–Crippen LogP) is 5.86. The normalized spacial score (nSPS) is 21.9. The monoisotopic (exact) mass is 638 g/mol. The van der Waals surface area contributed by atoms with E-state index in [0.717, 1.165) is 62.0 Å². The van der Waals surface area contributed by atoms with Crippen molar-refractivity contribution in [2.45, 2.75) is 84.8 Å². The molecule has 0 bridgehead atoms. The summed E-state index contributed by atoms with van der Waals surface area (Å²) in [5, 5.41) is 4.80. The van der Waals surface area contributed by atoms with Crippen molar-refractivity contribution in [2.75, 3.05) is 13.7 Å². The van der Waals surface area contributed by atoms with Crippen LogP contribution in [0.5, 0.6) is 5.75 Å². The van der Waals surface area contributed by atoms with Crippen molar-refractivity contribution in [3.8, 4) is 16.9 Å². The number of fused-ring (bicyclic) bond motifs is 6. The number of nitrogens with one attached hydrogen (secondary N) is 2. The number of amides is 2. The van der Waals surface area contributed by atoms with E-state index >= 15 is 0 Å². The minimum atomic E-state index is -0.694. The number of ether oxygens (including phenoxy) is 2. The summed E-state index contributed by atoms with van der Waals surface area (Å²) in [6.07, 6.45) is 0.157. The molecule has 7 rings (SSSR count). The van der Waals surface area contributed by atoms with Crippen LogP contribution in [0.2, 0.25) is 0 Å². The Morgan fingerprint density at radius 2 is 1.81 bits per heavy atom. The second-order valence-corrected chi connectivity index (χ2v) is 14.6. The van der Waals surface area contributed by atoms with E-state index in [1.54, 1.807) is 0 Å². The predicted molar refractivity (Wildman–Crippen MR) is 181 cm³/mol. The van der Waals surface area contributed by atoms with E-state index in [2.05, 4.69) is 81.3 Å². The quantitative estimate of drug-likeness (QED) is 0.263. The Morgan fingerprint density at radius 1 is 1.06 bits per heavy atom. The summed E-state index contributed by atoms with van der Waals surface area (Å²) in [6.45, 7) is 15.2. The summed E-state index contributed by atoms with van der Waals surface area (Å²) >= 11 is 0. The molecule has 3 aliphatic heterocycles. The van der Waals surface area contributed by atoms with Crippen LogP contribution in [-0.2, 0) is 25.4 Å². The third-order valence-electron chi connectivity index (χ3n) is 10.4. The van der Waals surface area contributed by atoms with Gasteiger partial charge in [-0.05, 0) is 86.1 Å². The first-order valence-corrected chi connectivity index (χ1v) is 16.5. The van der Waals surface area contributed by atoms with E-state index in [0.29, 0.717) is 13.2 Å². The third kappa shape index (κ3) is 5.33. The molecule has 0 radical (unpaired) electrons. The maximum Gasteiger partial charge on any atom is 0.494 e. The second kappa shape index (κ2) is 11.3. The van der Waals surface area contributed by atoms with Crippen LogP contribution >= 0.6 is 0 Å². The van der Waals surface area contributed by atoms with E-state index in [1.165, 1.54) is 7.11 Å². The molecular formula is C36H43BN4O6. The average molecular weight is 639 g/mol. The van der Waals surface area contributed by atoms with Crippen molar-refractivity contribution in [1.29, 1.82) is 0 Å². The van der Waals surface area contributed by atoms with Gasteiger partial charge >= 0.3 is 13.2 Å². The minimum Gasteiger partial charge on any atom is -0.488 e. The van der Waals surface area contributed by atoms with Crippen molar-refractivity contribution in [2.24, 2.45) is 11.8 Å². The minimum absolute atomic E-state index is 0.107. The highest BCUT2D eigenvalue weighted by Gasteiger charge is 2.52. The third-order valence-corrected chi connectivity index (χ3v) is 10.4. The largest absolute Gasteiger partial charge is 0.494 e. The lowest BCUT2D eigenvalue weighted by molar-refractivity contribution is -0.135. The Bertz CT molecular complexity index is 1890. The van der Waals surface area contributed by atoms with Crippen LogP contribution in [0.4, 0.5) is 4.79 Å². The van der Waals surface area contributed by atoms with E-state index in [1.807, 2.05) is 24.8 Å². The summed E-state index contributed by atoms with van der Waals surface area (Å²) in [7, 11) is 0.872. The lowest BCUT2D eigenvalue weighted by Gasteiger charge is -2.32. The number of rotatable bonds is 5. The Hall–Kier alpha value is -4.09. The van der Waals surface area contributed by atoms with Crippen LogP contribution in [0.3, 0.4) is 0 Å². The first-order chi connectivity index (χ1) is 22.3. The molecule has 2 fully saturated rings. The molecule has 3 aliphatic rings. The lowest BCUT2D eigenvalue weighted by atomic mass is 9.77. The molecule has 1 aromatic heterocycles. The zero-order valence-corrected chi connectivity index (χ0v) is 28.4. The van der Waals surface area contributed by atoms with E-state index < -0.39 is 30.5 Å². The van der Waals surface area contributed by atoms with Gasteiger partial charge < -0.3 is 34.0 Å². The molecule has 0 unspecified atom stereocenters. The van der Waals surface area contributed by atoms with Gasteiger partial charge in [0.1, 0.15) is 24.2 Å². The number of H-pyrrole nitrogens is 1. The number of methoxy groups -OCH3 is 1. The van der Waals surface area contributed by atoms with E-state index in [4.69, 9.17) is 23.8 Å². The number of benzene rings is 3. The molecule has 2 N–H and O–H groups in total. The standard InChI is InChI=1S/C36H43BN4O6/c1-19(2)30(40-34(43)44-8)33(42)41-17-20(3)13-28(41)32-38-27-12-9-21-15-26-24-11-10-23(37-46-35(4,5)36(6,7)47-37)14-22(24)18-45-29(26)16-25(21)31(27)39-32/h9-12,14-16,19-20,28,30H,13,17-18H2,1-8H3,(H,38,39)(H,40,43)/t20-,28-,30-/m0/s1. The molecule has 0 saturated carbocycles. The number of aromatic nitrogens is 2. The molecule has 4 aromatic rings. The molecule has 3 atom stereocenters. The molecule has 2 saturated heterocycles. The SMILES string of the molecule is COC(=O)N[C@H](C(=O)N1C[C@@H](C)C[C@H]1c1nc2ccc3cc4c(cc3c2[nH]1)OCc1cc(B2OC(C)(C)C(C)(C)O2)ccc1-4)C(C)C. The first-order valence-electron chi connectivity index (χ1n) is 16.5. The van der Waals surface area contributed by atoms with Gasteiger partial charge in [0.2, 0.25) is 5.91 Å². The van der Waals surface area contributed by atoms with Crippen molar-refractivity contribution in [3.63, 3.8) is 0 Å². The van der Waals surface area contributed by atoms with Gasteiger partial charge in [0, 0.05) is 17.5 Å². The Kier molecular flexibility index (Phi) is 7.55. The van der Waals surface area contributed by atoms with Gasteiger partial charge in [0.05, 0.1) is 35.4 Å². The van der Waals surface area contributed by atoms with Gasteiger partial charge in [-0.2, -0.15) is 0 Å². The van der Waals surface area contributed by atoms with Crippen LogP contribution in [-0.4, -0.2) is 64.9 Å². The molecular weight excluding hydrogens is 595 g/mol. The van der Waals surface area contributed by atoms with Crippen LogP contribution in [0.1, 0.15) is 72.3 Å². The smallest absolute Gasteiger partial charge is 0.488 e. The summed E-state index contributed by atoms with van der Waals surface area (Å²) in [6, 6.07) is 13.8. The van der Waals surface area contributed by atoms with Gasteiger partial charge in [0.15, 0.2) is 0 Å². The van der Waals surface area contributed by atoms with Crippen molar-refractivity contribution >= 4 is 46.4 Å². The summed E-state index contributed by atoms with van der Waals surface area (Å²) in [5.41, 5.74) is 5.17. The molecule has 10 nitrogen and oxygen atoms in total. The number of imidazole rings is 1. The summed E-state index contributed by atoms with van der Waals surface area (Å²) in [4.78, 5) is 36.3. The zero-order chi connectivity index (χ0) is 33.4. The number of nitrogens with zero attached hydrogens (tertiary/aromatic N) is 2. The number of aromatic amines is 1. The fourth-order valence-corrected chi connectivity index (χ4v) is 7.04. The highest BCUT2D eigenvalue weighted by molar-refractivity contribution is 6.62. The number of carbonyl (C=O) groups excluding carboxylic acids is 2. The number of alkyl carbamates (subject to hydrolysis) is 1. The van der Waals surface area contributed by atoms with Crippen LogP contribution in [0, 0.1) is 11.8 Å². The lowest BCUT2D eigenvalue weighted by Crippen LogP contribution is -2.51. The molecule has 11 heteroatoms. The van der Waals surface area contributed by atoms with Gasteiger partial charge in [-0.3, -0.25) is 4.79 Å². The molecule has 246 valence electrons. The highest BCUT2D eigenvalue weighted by Crippen LogP contribution is 2.43. The Labute approximate surface area is 275 Å². The van der Waals surface area contributed by atoms with Crippen molar-refractivity contribution < 1.29 is 28.4 Å². The van der Waals surface area contributed by atoms with Crippen LogP contribution in [0.25, 0.3) is 32.9 Å². The van der Waals surface area contributed by atoms with Gasteiger partial charge in [-0.1, -0.05) is 45.0 Å². The van der Waals surface area contributed by atoms with Crippen LogP contribution in [0.15, 0.2) is 42.5 Å². The van der Waals surface area contributed by atoms with E-state index in [-0.39, 0.29) is 23.8 Å². The maximum absolute atomic E-state index is 13.8. The molecule has 4 heterocycles. The first kappa shape index (κ1) is 31.5. The molecule has 0 aliphatic carbocycles. The summed E-state index contributed by atoms with van der Waals surface area (Å²) < 4.78 is 23.7. The Balaban J connectivity index is 1.20. The topological polar surface area (TPSA) is 115 Å². The van der Waals surface area contributed by atoms with Gasteiger partial charge in [-0.25, -0.2) is 9.78 Å². The molecule has 0 spiro atoms. The molecule has 47 heavy (non-hydrogen) atoms.